The summed E-state index contributed by atoms with van der Waals surface area (Å²) in [7, 11) is 0. The van der Waals surface area contributed by atoms with Gasteiger partial charge in [-0.25, -0.2) is 4.99 Å². The Balaban J connectivity index is 1.88. The molecule has 1 heterocycles. The van der Waals surface area contributed by atoms with E-state index >= 15 is 0 Å². The fourth-order valence-corrected chi connectivity index (χ4v) is 2.26. The minimum Gasteiger partial charge on any atom is -0.489 e. The Morgan fingerprint density at radius 3 is 2.81 bits per heavy atom. The Morgan fingerprint density at radius 1 is 1.22 bits per heavy atom. The van der Waals surface area contributed by atoms with Crippen LogP contribution in [0.15, 0.2) is 64.7 Å². The number of amides is 1. The molecule has 1 aromatic carbocycles. The van der Waals surface area contributed by atoms with Gasteiger partial charge in [0.1, 0.15) is 18.1 Å². The summed E-state index contributed by atoms with van der Waals surface area (Å²) in [5, 5.41) is 8.93. The van der Waals surface area contributed by atoms with E-state index in [1.165, 1.54) is 0 Å². The second-order valence-corrected chi connectivity index (χ2v) is 5.61. The molecule has 1 aromatic heterocycles. The summed E-state index contributed by atoms with van der Waals surface area (Å²) in [6.45, 7) is 7.65. The molecule has 0 saturated heterocycles. The first-order valence-corrected chi connectivity index (χ1v) is 8.85. The number of carbonyl (C=O) groups is 1. The van der Waals surface area contributed by atoms with Gasteiger partial charge in [-0.15, -0.1) is 0 Å². The average molecular weight is 370 g/mol. The van der Waals surface area contributed by atoms with E-state index in [1.807, 2.05) is 37.3 Å². The number of benzene rings is 1. The molecule has 3 N–H and O–H groups in total. The summed E-state index contributed by atoms with van der Waals surface area (Å²) in [6.07, 6.45) is 3.28. The number of guanidine groups is 1. The number of furan rings is 1. The average Bonchev–Trinajstić information content (AvgIpc) is 3.21. The number of hydrogen-bond donors (Lipinski definition) is 3. The van der Waals surface area contributed by atoms with E-state index in [0.29, 0.717) is 38.0 Å². The Morgan fingerprint density at radius 2 is 2.07 bits per heavy atom. The third-order valence-corrected chi connectivity index (χ3v) is 3.54. The fourth-order valence-electron chi connectivity index (χ4n) is 2.26. The topological polar surface area (TPSA) is 87.9 Å². The standard InChI is InChI=1S/C20H26N4O3/c1-3-11-27-18-10-6-5-8-16(18)13-23-20(21-4-2)24-15-19(25)22-14-17-9-7-12-26-17/h3,5-10,12H,1,4,11,13-15H2,2H3,(H,22,25)(H2,21,23,24). The normalized spacial score (nSPS) is 10.9. The zero-order valence-electron chi connectivity index (χ0n) is 15.5. The second-order valence-electron chi connectivity index (χ2n) is 5.61. The molecule has 1 amide bonds. The summed E-state index contributed by atoms with van der Waals surface area (Å²) in [4.78, 5) is 16.5. The minimum absolute atomic E-state index is 0.112. The maximum absolute atomic E-state index is 12.0. The summed E-state index contributed by atoms with van der Waals surface area (Å²) in [6, 6.07) is 11.3. The van der Waals surface area contributed by atoms with Gasteiger partial charge in [0.05, 0.1) is 25.9 Å². The molecule has 7 nitrogen and oxygen atoms in total. The third kappa shape index (κ3) is 7.27. The second kappa shape index (κ2) is 11.4. The van der Waals surface area contributed by atoms with E-state index in [9.17, 15) is 4.79 Å². The molecule has 2 aromatic rings. The Hall–Kier alpha value is -3.22. The lowest BCUT2D eigenvalue weighted by atomic mass is 10.2. The molecule has 0 bridgehead atoms. The zero-order valence-corrected chi connectivity index (χ0v) is 15.5. The molecule has 0 fully saturated rings. The predicted octanol–water partition coefficient (Wildman–Crippen LogP) is 2.22. The lowest BCUT2D eigenvalue weighted by molar-refractivity contribution is -0.120. The molecule has 0 saturated carbocycles. The van der Waals surface area contributed by atoms with Gasteiger partial charge in [0.2, 0.25) is 5.91 Å². The molecule has 2 rings (SSSR count). The van der Waals surface area contributed by atoms with Crippen molar-refractivity contribution in [3.8, 4) is 5.75 Å². The van der Waals surface area contributed by atoms with Crippen LogP contribution >= 0.6 is 0 Å². The van der Waals surface area contributed by atoms with E-state index in [2.05, 4.69) is 27.5 Å². The number of aliphatic imine (C=N–C) groups is 1. The van der Waals surface area contributed by atoms with Crippen molar-refractivity contribution in [1.82, 2.24) is 16.0 Å². The van der Waals surface area contributed by atoms with Crippen molar-refractivity contribution in [1.29, 1.82) is 0 Å². The van der Waals surface area contributed by atoms with Gasteiger partial charge in [0.15, 0.2) is 5.96 Å². The SMILES string of the molecule is C=CCOc1ccccc1CN=C(NCC)NCC(=O)NCc1ccco1. The largest absolute Gasteiger partial charge is 0.489 e. The van der Waals surface area contributed by atoms with E-state index in [4.69, 9.17) is 9.15 Å². The molecule has 0 aliphatic rings. The van der Waals surface area contributed by atoms with E-state index < -0.39 is 0 Å². The monoisotopic (exact) mass is 370 g/mol. The van der Waals surface area contributed by atoms with Crippen molar-refractivity contribution in [2.75, 3.05) is 19.7 Å². The number of hydrogen-bond acceptors (Lipinski definition) is 4. The highest BCUT2D eigenvalue weighted by Crippen LogP contribution is 2.18. The Kier molecular flexibility index (Phi) is 8.49. The highest BCUT2D eigenvalue weighted by Gasteiger charge is 2.06. The molecule has 0 unspecified atom stereocenters. The number of nitrogens with one attached hydrogen (secondary N) is 3. The molecular weight excluding hydrogens is 344 g/mol. The van der Waals surface area contributed by atoms with Gasteiger partial charge >= 0.3 is 0 Å². The van der Waals surface area contributed by atoms with Gasteiger partial charge < -0.3 is 25.1 Å². The molecular formula is C20H26N4O3. The van der Waals surface area contributed by atoms with Crippen LogP contribution in [0.1, 0.15) is 18.2 Å². The van der Waals surface area contributed by atoms with Gasteiger partial charge in [-0.1, -0.05) is 30.9 Å². The van der Waals surface area contributed by atoms with E-state index in [1.54, 1.807) is 18.4 Å². The van der Waals surface area contributed by atoms with Crippen LogP contribution in [0.4, 0.5) is 0 Å². The number of ether oxygens (including phenoxy) is 1. The number of para-hydroxylation sites is 1. The number of rotatable bonds is 10. The molecule has 0 atom stereocenters. The lowest BCUT2D eigenvalue weighted by Gasteiger charge is -2.12. The molecule has 0 aliphatic heterocycles. The van der Waals surface area contributed by atoms with Crippen LogP contribution in [0, 0.1) is 0 Å². The molecule has 144 valence electrons. The van der Waals surface area contributed by atoms with Crippen LogP contribution in [-0.2, 0) is 17.9 Å². The van der Waals surface area contributed by atoms with Crippen molar-refractivity contribution >= 4 is 11.9 Å². The van der Waals surface area contributed by atoms with Crippen molar-refractivity contribution < 1.29 is 13.9 Å². The van der Waals surface area contributed by atoms with Gasteiger partial charge in [-0.2, -0.15) is 0 Å². The first-order chi connectivity index (χ1) is 13.2. The Labute approximate surface area is 159 Å². The van der Waals surface area contributed by atoms with Crippen LogP contribution < -0.4 is 20.7 Å². The van der Waals surface area contributed by atoms with Crippen molar-refractivity contribution in [2.24, 2.45) is 4.99 Å². The highest BCUT2D eigenvalue weighted by molar-refractivity contribution is 5.86. The van der Waals surface area contributed by atoms with Crippen LogP contribution in [0.5, 0.6) is 5.75 Å². The summed E-state index contributed by atoms with van der Waals surface area (Å²) in [5.41, 5.74) is 0.957. The zero-order chi connectivity index (χ0) is 19.3. The Bertz CT molecular complexity index is 741. The number of carbonyl (C=O) groups excluding carboxylic acids is 1. The smallest absolute Gasteiger partial charge is 0.239 e. The fraction of sp³-hybridized carbons (Fsp3) is 0.300. The highest BCUT2D eigenvalue weighted by atomic mass is 16.5. The van der Waals surface area contributed by atoms with Crippen molar-refractivity contribution in [3.05, 3.63) is 66.6 Å². The first kappa shape index (κ1) is 20.1. The summed E-state index contributed by atoms with van der Waals surface area (Å²) in [5.74, 6) is 1.89. The maximum atomic E-state index is 12.0. The van der Waals surface area contributed by atoms with Crippen LogP contribution in [0.25, 0.3) is 0 Å². The first-order valence-electron chi connectivity index (χ1n) is 8.85. The van der Waals surface area contributed by atoms with Crippen LogP contribution in [0.3, 0.4) is 0 Å². The van der Waals surface area contributed by atoms with Gasteiger partial charge in [-0.05, 0) is 25.1 Å². The summed E-state index contributed by atoms with van der Waals surface area (Å²) >= 11 is 0. The quantitative estimate of drug-likeness (QED) is 0.339. The molecule has 27 heavy (non-hydrogen) atoms. The van der Waals surface area contributed by atoms with Gasteiger partial charge in [0.25, 0.3) is 0 Å². The summed E-state index contributed by atoms with van der Waals surface area (Å²) < 4.78 is 10.8. The van der Waals surface area contributed by atoms with Crippen LogP contribution in [0.2, 0.25) is 0 Å². The van der Waals surface area contributed by atoms with E-state index in [0.717, 1.165) is 11.3 Å². The van der Waals surface area contributed by atoms with Crippen molar-refractivity contribution in [3.63, 3.8) is 0 Å². The molecule has 0 radical (unpaired) electrons. The van der Waals surface area contributed by atoms with Gasteiger partial charge in [-0.3, -0.25) is 4.79 Å². The third-order valence-electron chi connectivity index (χ3n) is 3.54. The van der Waals surface area contributed by atoms with Crippen molar-refractivity contribution in [2.45, 2.75) is 20.0 Å². The number of nitrogens with zero attached hydrogens (tertiary/aromatic N) is 1. The van der Waals surface area contributed by atoms with Gasteiger partial charge in [0, 0.05) is 12.1 Å². The molecule has 0 spiro atoms. The maximum Gasteiger partial charge on any atom is 0.239 e. The lowest BCUT2D eigenvalue weighted by Crippen LogP contribution is -2.43. The minimum atomic E-state index is -0.147. The molecule has 0 aliphatic carbocycles. The molecule has 7 heteroatoms. The van der Waals surface area contributed by atoms with E-state index in [-0.39, 0.29) is 12.5 Å². The van der Waals surface area contributed by atoms with Crippen LogP contribution in [-0.4, -0.2) is 31.6 Å². The predicted molar refractivity (Wildman–Crippen MR) is 106 cm³/mol.